The van der Waals surface area contributed by atoms with Gasteiger partial charge in [-0.05, 0) is 49.6 Å². The number of rotatable bonds is 4. The summed E-state index contributed by atoms with van der Waals surface area (Å²) in [4.78, 5) is 20.2. The summed E-state index contributed by atoms with van der Waals surface area (Å²) in [5.41, 5.74) is 2.47. The van der Waals surface area contributed by atoms with Gasteiger partial charge in [0.15, 0.2) is 0 Å². The van der Waals surface area contributed by atoms with Gasteiger partial charge in [-0.25, -0.2) is 13.4 Å². The summed E-state index contributed by atoms with van der Waals surface area (Å²) in [6, 6.07) is 12.2. The Morgan fingerprint density at radius 1 is 1.11 bits per heavy atom. The number of piperidine rings is 1. The number of aromatic nitrogens is 2. The maximum Gasteiger partial charge on any atom is 0.258 e. The number of aryl methyl sites for hydroxylation is 1. The zero-order valence-corrected chi connectivity index (χ0v) is 16.4. The number of para-hydroxylation sites is 2. The summed E-state index contributed by atoms with van der Waals surface area (Å²) in [6.45, 7) is 2.80. The molecule has 1 aliphatic rings. The normalized spacial score (nSPS) is 15.6. The van der Waals surface area contributed by atoms with Gasteiger partial charge in [0.05, 0.1) is 15.9 Å². The maximum atomic E-state index is 13.0. The third-order valence-corrected chi connectivity index (χ3v) is 7.05. The summed E-state index contributed by atoms with van der Waals surface area (Å²) in [5.74, 6) is -0.0821. The first-order valence-electron chi connectivity index (χ1n) is 9.32. The molecule has 2 aromatic carbocycles. The van der Waals surface area contributed by atoms with Crippen LogP contribution in [0, 0.1) is 6.92 Å². The zero-order chi connectivity index (χ0) is 19.7. The Bertz CT molecular complexity index is 1100. The molecular weight excluding hydrogens is 376 g/mol. The lowest BCUT2D eigenvalue weighted by atomic mass is 10.1. The predicted molar refractivity (Wildman–Crippen MR) is 108 cm³/mol. The van der Waals surface area contributed by atoms with Crippen molar-refractivity contribution in [2.24, 2.45) is 0 Å². The molecule has 1 amide bonds. The first-order chi connectivity index (χ1) is 13.4. The number of aromatic amines is 1. The summed E-state index contributed by atoms with van der Waals surface area (Å²) in [6.07, 6.45) is 2.78. The number of amides is 1. The van der Waals surface area contributed by atoms with Crippen molar-refractivity contribution in [2.75, 3.05) is 18.4 Å². The lowest BCUT2D eigenvalue weighted by Gasteiger charge is -2.26. The van der Waals surface area contributed by atoms with Gasteiger partial charge in [0.1, 0.15) is 0 Å². The number of imidazole rings is 1. The smallest absolute Gasteiger partial charge is 0.258 e. The van der Waals surface area contributed by atoms with Crippen molar-refractivity contribution < 1.29 is 13.2 Å². The number of benzene rings is 2. The van der Waals surface area contributed by atoms with Crippen LogP contribution in [0.5, 0.6) is 0 Å². The molecule has 7 nitrogen and oxygen atoms in total. The Morgan fingerprint density at radius 3 is 2.61 bits per heavy atom. The van der Waals surface area contributed by atoms with E-state index in [9.17, 15) is 13.2 Å². The van der Waals surface area contributed by atoms with Gasteiger partial charge in [0, 0.05) is 18.7 Å². The SMILES string of the molecule is Cc1ccc(C(=O)Nc2nc3ccccc3[nH]2)cc1S(=O)(=O)N1CCCCC1. The topological polar surface area (TPSA) is 95.2 Å². The molecule has 0 saturated carbocycles. The summed E-state index contributed by atoms with van der Waals surface area (Å²) >= 11 is 0. The maximum absolute atomic E-state index is 13.0. The fourth-order valence-electron chi connectivity index (χ4n) is 3.46. The zero-order valence-electron chi connectivity index (χ0n) is 15.6. The van der Waals surface area contributed by atoms with Crippen LogP contribution in [-0.2, 0) is 10.0 Å². The fourth-order valence-corrected chi connectivity index (χ4v) is 5.22. The lowest BCUT2D eigenvalue weighted by Crippen LogP contribution is -2.36. The molecule has 0 aliphatic carbocycles. The second-order valence-corrected chi connectivity index (χ2v) is 8.91. The van der Waals surface area contributed by atoms with Gasteiger partial charge in [-0.2, -0.15) is 4.31 Å². The van der Waals surface area contributed by atoms with E-state index >= 15 is 0 Å². The van der Waals surface area contributed by atoms with Gasteiger partial charge < -0.3 is 4.98 Å². The van der Waals surface area contributed by atoms with Gasteiger partial charge in [0.2, 0.25) is 16.0 Å². The molecule has 0 bridgehead atoms. The Morgan fingerprint density at radius 2 is 1.86 bits per heavy atom. The third kappa shape index (κ3) is 3.53. The van der Waals surface area contributed by atoms with Crippen LogP contribution in [0.2, 0.25) is 0 Å². The minimum Gasteiger partial charge on any atom is -0.324 e. The van der Waals surface area contributed by atoms with Gasteiger partial charge >= 0.3 is 0 Å². The second kappa shape index (κ2) is 7.37. The quantitative estimate of drug-likeness (QED) is 0.705. The van der Waals surface area contributed by atoms with E-state index in [0.717, 1.165) is 30.3 Å². The third-order valence-electron chi connectivity index (χ3n) is 5.00. The molecule has 0 atom stereocenters. The molecule has 1 saturated heterocycles. The van der Waals surface area contributed by atoms with Crippen molar-refractivity contribution in [3.63, 3.8) is 0 Å². The highest BCUT2D eigenvalue weighted by Crippen LogP contribution is 2.25. The fraction of sp³-hybridized carbons (Fsp3) is 0.300. The number of nitrogens with one attached hydrogen (secondary N) is 2. The molecule has 1 fully saturated rings. The number of anilines is 1. The summed E-state index contributed by atoms with van der Waals surface area (Å²) in [5, 5.41) is 2.71. The molecule has 146 valence electrons. The molecule has 0 radical (unpaired) electrons. The van der Waals surface area contributed by atoms with Crippen molar-refractivity contribution in [3.05, 3.63) is 53.6 Å². The second-order valence-electron chi connectivity index (χ2n) is 7.00. The number of fused-ring (bicyclic) bond motifs is 1. The van der Waals surface area contributed by atoms with Gasteiger partial charge in [-0.15, -0.1) is 0 Å². The number of H-pyrrole nitrogens is 1. The Balaban J connectivity index is 1.61. The number of hydrogen-bond acceptors (Lipinski definition) is 4. The summed E-state index contributed by atoms with van der Waals surface area (Å²) < 4.78 is 27.6. The molecule has 4 rings (SSSR count). The Labute approximate surface area is 163 Å². The predicted octanol–water partition coefficient (Wildman–Crippen LogP) is 3.30. The highest BCUT2D eigenvalue weighted by atomic mass is 32.2. The van der Waals surface area contributed by atoms with Crippen LogP contribution in [0.3, 0.4) is 0 Å². The minimum absolute atomic E-state index is 0.187. The van der Waals surface area contributed by atoms with Crippen LogP contribution in [0.25, 0.3) is 11.0 Å². The van der Waals surface area contributed by atoms with E-state index in [0.29, 0.717) is 24.6 Å². The highest BCUT2D eigenvalue weighted by Gasteiger charge is 2.28. The van der Waals surface area contributed by atoms with Crippen LogP contribution < -0.4 is 5.32 Å². The molecule has 0 unspecified atom stereocenters. The van der Waals surface area contributed by atoms with Crippen molar-refractivity contribution in [1.29, 1.82) is 0 Å². The molecule has 28 heavy (non-hydrogen) atoms. The number of carbonyl (C=O) groups excluding carboxylic acids is 1. The van der Waals surface area contributed by atoms with E-state index < -0.39 is 15.9 Å². The van der Waals surface area contributed by atoms with Crippen LogP contribution in [0.15, 0.2) is 47.4 Å². The molecule has 0 spiro atoms. The minimum atomic E-state index is -3.61. The van der Waals surface area contributed by atoms with Crippen molar-refractivity contribution in [2.45, 2.75) is 31.1 Å². The molecule has 1 aliphatic heterocycles. The first-order valence-corrected chi connectivity index (χ1v) is 10.8. The van der Waals surface area contributed by atoms with Crippen LogP contribution in [0.4, 0.5) is 5.95 Å². The molecule has 2 heterocycles. The van der Waals surface area contributed by atoms with E-state index in [4.69, 9.17) is 0 Å². The standard InChI is InChI=1S/C20H22N4O3S/c1-14-9-10-15(13-18(14)28(26,27)24-11-5-2-6-12-24)19(25)23-20-21-16-7-3-4-8-17(16)22-20/h3-4,7-10,13H,2,5-6,11-12H2,1H3,(H2,21,22,23,25). The number of nitrogens with zero attached hydrogens (tertiary/aromatic N) is 2. The molecule has 8 heteroatoms. The lowest BCUT2D eigenvalue weighted by molar-refractivity contribution is 0.102. The van der Waals surface area contributed by atoms with Crippen molar-refractivity contribution in [3.8, 4) is 0 Å². The average molecular weight is 398 g/mol. The van der Waals surface area contributed by atoms with Crippen LogP contribution in [0.1, 0.15) is 35.2 Å². The molecular formula is C20H22N4O3S. The number of hydrogen-bond donors (Lipinski definition) is 2. The van der Waals surface area contributed by atoms with E-state index in [1.807, 2.05) is 24.3 Å². The van der Waals surface area contributed by atoms with Crippen molar-refractivity contribution >= 4 is 32.9 Å². The number of sulfonamides is 1. The van der Waals surface area contributed by atoms with E-state index in [1.54, 1.807) is 19.1 Å². The molecule has 3 aromatic rings. The Kier molecular flexibility index (Phi) is 4.91. The number of carbonyl (C=O) groups is 1. The van der Waals surface area contributed by atoms with Crippen molar-refractivity contribution in [1.82, 2.24) is 14.3 Å². The average Bonchev–Trinajstić information content (AvgIpc) is 3.11. The Hall–Kier alpha value is -2.71. The monoisotopic (exact) mass is 398 g/mol. The van der Waals surface area contributed by atoms with Crippen LogP contribution >= 0.6 is 0 Å². The first kappa shape index (κ1) is 18.6. The van der Waals surface area contributed by atoms with Gasteiger partial charge in [0.25, 0.3) is 5.91 Å². The van der Waals surface area contributed by atoms with Crippen LogP contribution in [-0.4, -0.2) is 41.7 Å². The van der Waals surface area contributed by atoms with E-state index in [2.05, 4.69) is 15.3 Å². The largest absolute Gasteiger partial charge is 0.324 e. The van der Waals surface area contributed by atoms with Gasteiger partial charge in [-0.1, -0.05) is 24.6 Å². The van der Waals surface area contributed by atoms with E-state index in [1.165, 1.54) is 10.4 Å². The summed E-state index contributed by atoms with van der Waals surface area (Å²) in [7, 11) is -3.61. The highest BCUT2D eigenvalue weighted by molar-refractivity contribution is 7.89. The van der Waals surface area contributed by atoms with E-state index in [-0.39, 0.29) is 10.5 Å². The molecule has 1 aromatic heterocycles. The molecule has 2 N–H and O–H groups in total. The van der Waals surface area contributed by atoms with Gasteiger partial charge in [-0.3, -0.25) is 10.1 Å².